The van der Waals surface area contributed by atoms with Gasteiger partial charge in [0, 0.05) is 11.9 Å². The molecule has 8 heteroatoms. The van der Waals surface area contributed by atoms with Crippen molar-refractivity contribution in [3.8, 4) is 11.5 Å². The predicted octanol–water partition coefficient (Wildman–Crippen LogP) is 3.32. The number of nitrogens with two attached hydrogens (primary N) is 1. The third kappa shape index (κ3) is 3.42. The molecule has 4 rings (SSSR count). The van der Waals surface area contributed by atoms with Gasteiger partial charge in [-0.25, -0.2) is 4.39 Å². The molecule has 0 atom stereocenters. The normalized spacial score (nSPS) is 14.8. The molecule has 1 aromatic carbocycles. The minimum absolute atomic E-state index is 0.0827. The molecular weight excluding hydrogens is 321 g/mol. The van der Waals surface area contributed by atoms with Crippen LogP contribution in [0.2, 0.25) is 0 Å². The first-order valence-electron chi connectivity index (χ1n) is 8.27. The van der Waals surface area contributed by atoms with E-state index in [2.05, 4.69) is 25.4 Å². The van der Waals surface area contributed by atoms with Gasteiger partial charge in [-0.15, -0.1) is 0 Å². The average Bonchev–Trinajstić information content (AvgIpc) is 3.26. The molecule has 0 unspecified atom stereocenters. The van der Waals surface area contributed by atoms with Gasteiger partial charge >= 0.3 is 0 Å². The smallest absolute Gasteiger partial charge is 0.232 e. The Hall–Kier alpha value is -3.03. The lowest BCUT2D eigenvalue weighted by molar-refractivity contribution is 0.468. The molecule has 2 aromatic heterocycles. The van der Waals surface area contributed by atoms with Crippen LogP contribution < -0.4 is 11.1 Å². The summed E-state index contributed by atoms with van der Waals surface area (Å²) in [5.41, 5.74) is 6.98. The predicted molar refractivity (Wildman–Crippen MR) is 92.6 cm³/mol. The number of anilines is 3. The fourth-order valence-electron chi connectivity index (χ4n) is 3.09. The molecule has 25 heavy (non-hydrogen) atoms. The van der Waals surface area contributed by atoms with Crippen molar-refractivity contribution in [2.24, 2.45) is 0 Å². The minimum Gasteiger partial charge on any atom is -0.368 e. The molecule has 3 aromatic rings. The highest BCUT2D eigenvalue weighted by molar-refractivity contribution is 5.58. The van der Waals surface area contributed by atoms with Gasteiger partial charge in [-0.2, -0.15) is 20.1 Å². The Bertz CT molecular complexity index is 886. The first-order valence-corrected chi connectivity index (χ1v) is 8.27. The van der Waals surface area contributed by atoms with Gasteiger partial charge in [-0.1, -0.05) is 18.9 Å². The van der Waals surface area contributed by atoms with Gasteiger partial charge in [0.05, 0.1) is 6.04 Å². The van der Waals surface area contributed by atoms with Crippen molar-refractivity contribution >= 4 is 17.6 Å². The molecular formula is C17H18FN7. The highest BCUT2D eigenvalue weighted by atomic mass is 19.1. The molecule has 1 fully saturated rings. The van der Waals surface area contributed by atoms with E-state index in [9.17, 15) is 4.39 Å². The molecule has 1 aliphatic carbocycles. The largest absolute Gasteiger partial charge is 0.368 e. The quantitative estimate of drug-likeness (QED) is 0.757. The van der Waals surface area contributed by atoms with Crippen molar-refractivity contribution in [3.05, 3.63) is 42.3 Å². The number of nitrogens with zero attached hydrogens (tertiary/aromatic N) is 5. The number of nitrogens with one attached hydrogen (secondary N) is 1. The zero-order chi connectivity index (χ0) is 17.2. The number of halogens is 1. The molecule has 0 radical (unpaired) electrons. The van der Waals surface area contributed by atoms with Gasteiger partial charge in [0.25, 0.3) is 0 Å². The number of rotatable bonds is 4. The Morgan fingerprint density at radius 3 is 2.76 bits per heavy atom. The summed E-state index contributed by atoms with van der Waals surface area (Å²) in [7, 11) is 0. The van der Waals surface area contributed by atoms with Gasteiger partial charge in [0.1, 0.15) is 11.5 Å². The number of nitrogen functional groups attached to an aromatic ring is 1. The molecule has 0 bridgehead atoms. The first kappa shape index (κ1) is 15.5. The number of hydrogen-bond acceptors (Lipinski definition) is 6. The Balaban J connectivity index is 1.61. The highest BCUT2D eigenvalue weighted by Gasteiger charge is 2.19. The SMILES string of the molecule is Nc1nc(Nc2cccc(F)c2)nc(-c2ccn(C3CCCC3)n2)n1. The summed E-state index contributed by atoms with van der Waals surface area (Å²) in [4.78, 5) is 12.6. The second kappa shape index (κ2) is 6.46. The molecule has 7 nitrogen and oxygen atoms in total. The maximum Gasteiger partial charge on any atom is 0.232 e. The van der Waals surface area contributed by atoms with Crippen LogP contribution in [0.25, 0.3) is 11.5 Å². The lowest BCUT2D eigenvalue weighted by Crippen LogP contribution is -2.07. The van der Waals surface area contributed by atoms with E-state index in [0.717, 1.165) is 12.8 Å². The Morgan fingerprint density at radius 2 is 1.96 bits per heavy atom. The molecule has 0 saturated heterocycles. The average molecular weight is 339 g/mol. The Kier molecular flexibility index (Phi) is 4.01. The van der Waals surface area contributed by atoms with E-state index in [1.807, 2.05) is 16.9 Å². The monoisotopic (exact) mass is 339 g/mol. The highest BCUT2D eigenvalue weighted by Crippen LogP contribution is 2.29. The van der Waals surface area contributed by atoms with Gasteiger partial charge in [0.15, 0.2) is 5.82 Å². The molecule has 0 aliphatic heterocycles. The van der Waals surface area contributed by atoms with Crippen molar-refractivity contribution in [2.45, 2.75) is 31.7 Å². The van der Waals surface area contributed by atoms with Crippen LogP contribution in [0.1, 0.15) is 31.7 Å². The lowest BCUT2D eigenvalue weighted by atomic mass is 10.3. The van der Waals surface area contributed by atoms with E-state index >= 15 is 0 Å². The Morgan fingerprint density at radius 1 is 1.12 bits per heavy atom. The van der Waals surface area contributed by atoms with Crippen LogP contribution in [0, 0.1) is 5.82 Å². The lowest BCUT2D eigenvalue weighted by Gasteiger charge is -2.09. The van der Waals surface area contributed by atoms with E-state index in [1.165, 1.54) is 25.0 Å². The molecule has 1 saturated carbocycles. The number of aromatic nitrogens is 5. The van der Waals surface area contributed by atoms with Crippen molar-refractivity contribution < 1.29 is 4.39 Å². The Labute approximate surface area is 144 Å². The number of hydrogen-bond donors (Lipinski definition) is 2. The molecule has 0 spiro atoms. The molecule has 1 aliphatic rings. The maximum absolute atomic E-state index is 13.3. The molecule has 128 valence electrons. The van der Waals surface area contributed by atoms with E-state index < -0.39 is 0 Å². The molecule has 0 amide bonds. The maximum atomic E-state index is 13.3. The van der Waals surface area contributed by atoms with Crippen LogP contribution in [0.3, 0.4) is 0 Å². The number of benzene rings is 1. The summed E-state index contributed by atoms with van der Waals surface area (Å²) in [6, 6.07) is 8.36. The van der Waals surface area contributed by atoms with Crippen LogP contribution in [0.5, 0.6) is 0 Å². The van der Waals surface area contributed by atoms with Crippen molar-refractivity contribution in [1.29, 1.82) is 0 Å². The second-order valence-electron chi connectivity index (χ2n) is 6.10. The topological polar surface area (TPSA) is 94.5 Å². The fraction of sp³-hybridized carbons (Fsp3) is 0.294. The summed E-state index contributed by atoms with van der Waals surface area (Å²) < 4.78 is 15.3. The van der Waals surface area contributed by atoms with Crippen molar-refractivity contribution in [2.75, 3.05) is 11.1 Å². The van der Waals surface area contributed by atoms with Crippen LogP contribution in [0.4, 0.5) is 22.0 Å². The van der Waals surface area contributed by atoms with Crippen molar-refractivity contribution in [3.63, 3.8) is 0 Å². The van der Waals surface area contributed by atoms with E-state index in [0.29, 0.717) is 23.2 Å². The van der Waals surface area contributed by atoms with Crippen LogP contribution in [-0.4, -0.2) is 24.7 Å². The van der Waals surface area contributed by atoms with Gasteiger partial charge in [-0.05, 0) is 37.1 Å². The van der Waals surface area contributed by atoms with Gasteiger partial charge < -0.3 is 11.1 Å². The van der Waals surface area contributed by atoms with Gasteiger partial charge in [-0.3, -0.25) is 4.68 Å². The summed E-state index contributed by atoms with van der Waals surface area (Å²) in [6.45, 7) is 0. The third-order valence-corrected chi connectivity index (χ3v) is 4.27. The van der Waals surface area contributed by atoms with E-state index in [-0.39, 0.29) is 17.7 Å². The van der Waals surface area contributed by atoms with Crippen LogP contribution >= 0.6 is 0 Å². The molecule has 2 heterocycles. The minimum atomic E-state index is -0.345. The summed E-state index contributed by atoms with van der Waals surface area (Å²) in [6.07, 6.45) is 6.71. The van der Waals surface area contributed by atoms with E-state index in [4.69, 9.17) is 5.73 Å². The molecule has 3 N–H and O–H groups in total. The second-order valence-corrected chi connectivity index (χ2v) is 6.10. The van der Waals surface area contributed by atoms with E-state index in [1.54, 1.807) is 12.1 Å². The summed E-state index contributed by atoms with van der Waals surface area (Å²) in [5, 5.41) is 7.53. The van der Waals surface area contributed by atoms with Crippen molar-refractivity contribution in [1.82, 2.24) is 24.7 Å². The zero-order valence-corrected chi connectivity index (χ0v) is 13.6. The fourth-order valence-corrected chi connectivity index (χ4v) is 3.09. The summed E-state index contributed by atoms with van der Waals surface area (Å²) >= 11 is 0. The van der Waals surface area contributed by atoms with Crippen LogP contribution in [0.15, 0.2) is 36.5 Å². The first-order chi connectivity index (χ1) is 12.2. The third-order valence-electron chi connectivity index (χ3n) is 4.27. The standard InChI is InChI=1S/C17H18FN7/c18-11-4-3-5-12(10-11)20-17-22-15(21-16(19)23-17)14-8-9-25(24-14)13-6-1-2-7-13/h3-5,8-10,13H,1-2,6-7H2,(H3,19,20,21,22,23). The van der Waals surface area contributed by atoms with Crippen LogP contribution in [-0.2, 0) is 0 Å². The van der Waals surface area contributed by atoms with Gasteiger partial charge in [0.2, 0.25) is 11.9 Å². The summed E-state index contributed by atoms with van der Waals surface area (Å²) in [5.74, 6) is 0.383. The zero-order valence-electron chi connectivity index (χ0n) is 13.6.